The molecular weight excluding hydrogens is 262 g/mol. The summed E-state index contributed by atoms with van der Waals surface area (Å²) in [6, 6.07) is 1.90. The Balaban J connectivity index is 2.19. The van der Waals surface area contributed by atoms with Crippen molar-refractivity contribution in [3.8, 4) is 5.88 Å². The minimum atomic E-state index is -0.0852. The molecule has 2 unspecified atom stereocenters. The largest absolute Gasteiger partial charge is 0.474 e. The van der Waals surface area contributed by atoms with E-state index in [9.17, 15) is 0 Å². The van der Waals surface area contributed by atoms with Gasteiger partial charge < -0.3 is 10.1 Å². The van der Waals surface area contributed by atoms with E-state index in [1.807, 2.05) is 13.1 Å². The summed E-state index contributed by atoms with van der Waals surface area (Å²) in [6.45, 7) is 11.0. The minimum absolute atomic E-state index is 0.0852. The van der Waals surface area contributed by atoms with Crippen molar-refractivity contribution in [2.45, 2.75) is 65.4 Å². The second-order valence-electron chi connectivity index (χ2n) is 7.57. The third-order valence-electron chi connectivity index (χ3n) is 4.05. The van der Waals surface area contributed by atoms with Crippen LogP contribution in [0.15, 0.2) is 6.07 Å². The summed E-state index contributed by atoms with van der Waals surface area (Å²) in [4.78, 5) is 9.17. The summed E-state index contributed by atoms with van der Waals surface area (Å²) >= 11 is 0. The monoisotopic (exact) mass is 291 g/mol. The van der Waals surface area contributed by atoms with Crippen LogP contribution in [0.3, 0.4) is 0 Å². The molecule has 0 bridgehead atoms. The van der Waals surface area contributed by atoms with Gasteiger partial charge in [0.2, 0.25) is 5.88 Å². The maximum atomic E-state index is 6.18. The summed E-state index contributed by atoms with van der Waals surface area (Å²) in [7, 11) is 1.88. The van der Waals surface area contributed by atoms with Crippen LogP contribution < -0.4 is 10.1 Å². The maximum absolute atomic E-state index is 6.18. The predicted molar refractivity (Wildman–Crippen MR) is 86.9 cm³/mol. The number of anilines is 1. The zero-order chi connectivity index (χ0) is 15.6. The van der Waals surface area contributed by atoms with Crippen molar-refractivity contribution in [3.63, 3.8) is 0 Å². The van der Waals surface area contributed by atoms with Gasteiger partial charge in [-0.25, -0.2) is 4.98 Å². The lowest BCUT2D eigenvalue weighted by atomic mass is 9.82. The highest BCUT2D eigenvalue weighted by Gasteiger charge is 2.26. The fraction of sp³-hybridized carbons (Fsp3) is 0.765. The normalized spacial score (nSPS) is 26.5. The molecule has 0 aromatic carbocycles. The van der Waals surface area contributed by atoms with Gasteiger partial charge in [-0.1, -0.05) is 34.6 Å². The lowest BCUT2D eigenvalue weighted by Crippen LogP contribution is -2.29. The zero-order valence-corrected chi connectivity index (χ0v) is 14.2. The van der Waals surface area contributed by atoms with Crippen LogP contribution in [0.5, 0.6) is 5.88 Å². The summed E-state index contributed by atoms with van der Waals surface area (Å²) in [6.07, 6.45) is 3.82. The van der Waals surface area contributed by atoms with Crippen molar-refractivity contribution in [2.24, 2.45) is 11.8 Å². The Morgan fingerprint density at radius 2 is 1.71 bits per heavy atom. The quantitative estimate of drug-likeness (QED) is 0.913. The van der Waals surface area contributed by atoms with E-state index in [2.05, 4.69) is 49.9 Å². The van der Waals surface area contributed by atoms with Crippen LogP contribution in [0.1, 0.15) is 59.7 Å². The molecule has 1 N–H and O–H groups in total. The molecule has 0 aliphatic heterocycles. The standard InChI is InChI=1S/C17H29N3O/c1-11-7-12(2)9-13(8-11)21-15-10-14(18-6)19-16(20-15)17(3,4)5/h10-13H,7-9H2,1-6H3,(H,18,19,20). The van der Waals surface area contributed by atoms with Crippen LogP contribution in [0, 0.1) is 11.8 Å². The Morgan fingerprint density at radius 1 is 1.10 bits per heavy atom. The topological polar surface area (TPSA) is 47.0 Å². The summed E-state index contributed by atoms with van der Waals surface area (Å²) in [5.74, 6) is 3.80. The van der Waals surface area contributed by atoms with Gasteiger partial charge in [-0.05, 0) is 31.1 Å². The van der Waals surface area contributed by atoms with Crippen LogP contribution in [0.25, 0.3) is 0 Å². The Hall–Kier alpha value is -1.32. The van der Waals surface area contributed by atoms with Gasteiger partial charge in [0.15, 0.2) is 0 Å². The Kier molecular flexibility index (Phi) is 4.74. The highest BCUT2D eigenvalue weighted by atomic mass is 16.5. The molecule has 4 nitrogen and oxygen atoms in total. The van der Waals surface area contributed by atoms with Gasteiger partial charge in [0.25, 0.3) is 0 Å². The van der Waals surface area contributed by atoms with E-state index in [-0.39, 0.29) is 11.5 Å². The Bertz CT molecular complexity index is 471. The minimum Gasteiger partial charge on any atom is -0.474 e. The first-order chi connectivity index (χ1) is 9.77. The van der Waals surface area contributed by atoms with Crippen molar-refractivity contribution < 1.29 is 4.74 Å². The molecular formula is C17H29N3O. The molecule has 21 heavy (non-hydrogen) atoms. The van der Waals surface area contributed by atoms with Gasteiger partial charge in [-0.2, -0.15) is 4.98 Å². The Morgan fingerprint density at radius 3 is 2.24 bits per heavy atom. The zero-order valence-electron chi connectivity index (χ0n) is 14.2. The molecule has 0 saturated heterocycles. The van der Waals surface area contributed by atoms with Crippen LogP contribution in [0.4, 0.5) is 5.82 Å². The van der Waals surface area contributed by atoms with E-state index in [0.717, 1.165) is 36.3 Å². The smallest absolute Gasteiger partial charge is 0.219 e. The van der Waals surface area contributed by atoms with E-state index in [4.69, 9.17) is 4.74 Å². The second kappa shape index (κ2) is 6.20. The number of hydrogen-bond acceptors (Lipinski definition) is 4. The molecule has 1 fully saturated rings. The average molecular weight is 291 g/mol. The van der Waals surface area contributed by atoms with Gasteiger partial charge in [-0.3, -0.25) is 0 Å². The van der Waals surface area contributed by atoms with E-state index < -0.39 is 0 Å². The predicted octanol–water partition coefficient (Wildman–Crippen LogP) is 4.02. The van der Waals surface area contributed by atoms with E-state index in [1.54, 1.807) is 0 Å². The molecule has 0 spiro atoms. The van der Waals surface area contributed by atoms with Crippen LogP contribution in [-0.2, 0) is 5.41 Å². The fourth-order valence-electron chi connectivity index (χ4n) is 3.09. The van der Waals surface area contributed by atoms with Gasteiger partial charge in [0.1, 0.15) is 17.7 Å². The van der Waals surface area contributed by atoms with Crippen molar-refractivity contribution in [1.29, 1.82) is 0 Å². The van der Waals surface area contributed by atoms with Crippen molar-refractivity contribution >= 4 is 5.82 Å². The van der Waals surface area contributed by atoms with Gasteiger partial charge in [0.05, 0.1) is 0 Å². The third kappa shape index (κ3) is 4.32. The first-order valence-corrected chi connectivity index (χ1v) is 8.02. The fourth-order valence-corrected chi connectivity index (χ4v) is 3.09. The number of nitrogens with one attached hydrogen (secondary N) is 1. The lowest BCUT2D eigenvalue weighted by Gasteiger charge is -2.31. The number of nitrogens with zero attached hydrogens (tertiary/aromatic N) is 2. The molecule has 0 amide bonds. The summed E-state index contributed by atoms with van der Waals surface area (Å²) < 4.78 is 6.18. The lowest BCUT2D eigenvalue weighted by molar-refractivity contribution is 0.0961. The number of hydrogen-bond donors (Lipinski definition) is 1. The molecule has 1 aliphatic carbocycles. The molecule has 0 radical (unpaired) electrons. The second-order valence-corrected chi connectivity index (χ2v) is 7.57. The summed E-state index contributed by atoms with van der Waals surface area (Å²) in [5, 5.41) is 3.10. The SMILES string of the molecule is CNc1cc(OC2CC(C)CC(C)C2)nc(C(C)(C)C)n1. The highest BCUT2D eigenvalue weighted by Crippen LogP contribution is 2.32. The molecule has 1 aliphatic rings. The van der Waals surface area contributed by atoms with Crippen LogP contribution >= 0.6 is 0 Å². The first-order valence-electron chi connectivity index (χ1n) is 8.02. The molecule has 4 heteroatoms. The van der Waals surface area contributed by atoms with Crippen LogP contribution in [0.2, 0.25) is 0 Å². The molecule has 1 heterocycles. The summed E-state index contributed by atoms with van der Waals surface area (Å²) in [5.41, 5.74) is -0.0852. The molecule has 2 rings (SSSR count). The van der Waals surface area contributed by atoms with E-state index >= 15 is 0 Å². The van der Waals surface area contributed by atoms with Gasteiger partial charge in [0, 0.05) is 18.5 Å². The Labute approximate surface area is 128 Å². The maximum Gasteiger partial charge on any atom is 0.219 e. The first kappa shape index (κ1) is 16.1. The van der Waals surface area contributed by atoms with E-state index in [0.29, 0.717) is 5.88 Å². The highest BCUT2D eigenvalue weighted by molar-refractivity contribution is 5.38. The van der Waals surface area contributed by atoms with Gasteiger partial charge >= 0.3 is 0 Å². The van der Waals surface area contributed by atoms with Crippen molar-refractivity contribution in [3.05, 3.63) is 11.9 Å². The molecule has 118 valence electrons. The number of rotatable bonds is 3. The number of ether oxygens (including phenoxy) is 1. The third-order valence-corrected chi connectivity index (χ3v) is 4.05. The van der Waals surface area contributed by atoms with Crippen LogP contribution in [-0.4, -0.2) is 23.1 Å². The van der Waals surface area contributed by atoms with Crippen molar-refractivity contribution in [1.82, 2.24) is 9.97 Å². The molecule has 1 aromatic rings. The molecule has 1 saturated carbocycles. The molecule has 1 aromatic heterocycles. The molecule has 2 atom stereocenters. The average Bonchev–Trinajstić information content (AvgIpc) is 2.36. The van der Waals surface area contributed by atoms with E-state index in [1.165, 1.54) is 6.42 Å². The number of aromatic nitrogens is 2. The van der Waals surface area contributed by atoms with Crippen molar-refractivity contribution in [2.75, 3.05) is 12.4 Å². The van der Waals surface area contributed by atoms with Gasteiger partial charge in [-0.15, -0.1) is 0 Å².